The van der Waals surface area contributed by atoms with Crippen molar-refractivity contribution in [2.45, 2.75) is 112 Å². The topological polar surface area (TPSA) is 9.23 Å². The Bertz CT molecular complexity index is 229. The van der Waals surface area contributed by atoms with Gasteiger partial charge in [-0.3, -0.25) is 0 Å². The molecule has 24 heavy (non-hydrogen) atoms. The van der Waals surface area contributed by atoms with E-state index < -0.39 is 0 Å². The van der Waals surface area contributed by atoms with Crippen LogP contribution in [0.2, 0.25) is 0 Å². The summed E-state index contributed by atoms with van der Waals surface area (Å²) in [5, 5.41) is 0. The quantitative estimate of drug-likeness (QED) is 0.518. The van der Waals surface area contributed by atoms with Crippen LogP contribution in [0.5, 0.6) is 0 Å². The van der Waals surface area contributed by atoms with Gasteiger partial charge in [0.05, 0.1) is 6.10 Å². The minimum Gasteiger partial charge on any atom is -0.378 e. The second-order valence-corrected chi connectivity index (χ2v) is 9.37. The van der Waals surface area contributed by atoms with Gasteiger partial charge in [-0.15, -0.1) is 0 Å². The molecule has 2 saturated carbocycles. The first-order chi connectivity index (χ1) is 11.4. The van der Waals surface area contributed by atoms with Gasteiger partial charge in [-0.2, -0.15) is 0 Å². The Morgan fingerprint density at radius 3 is 1.12 bits per heavy atom. The van der Waals surface area contributed by atoms with Crippen LogP contribution in [0.25, 0.3) is 0 Å². The zero-order valence-electron chi connectivity index (χ0n) is 17.7. The van der Waals surface area contributed by atoms with Crippen molar-refractivity contribution in [1.29, 1.82) is 0 Å². The summed E-state index contributed by atoms with van der Waals surface area (Å²) in [6.07, 6.45) is 15.1. The molecular weight excluding hydrogens is 292 g/mol. The molecule has 1 heterocycles. The Morgan fingerprint density at radius 2 is 0.958 bits per heavy atom. The molecule has 0 N–H and O–H groups in total. The third-order valence-corrected chi connectivity index (χ3v) is 6.39. The molecule has 3 rings (SSSR count). The molecule has 1 saturated heterocycles. The third kappa shape index (κ3) is 8.88. The predicted octanol–water partition coefficient (Wildman–Crippen LogP) is 7.49. The molecule has 1 unspecified atom stereocenters. The maximum atomic E-state index is 5.41. The highest BCUT2D eigenvalue weighted by Crippen LogP contribution is 2.31. The van der Waals surface area contributed by atoms with Crippen molar-refractivity contribution < 1.29 is 4.74 Å². The summed E-state index contributed by atoms with van der Waals surface area (Å²) < 4.78 is 5.41. The van der Waals surface area contributed by atoms with Crippen LogP contribution in [0.1, 0.15) is 106 Å². The second-order valence-electron chi connectivity index (χ2n) is 9.37. The van der Waals surface area contributed by atoms with Crippen molar-refractivity contribution >= 4 is 0 Å². The zero-order chi connectivity index (χ0) is 17.9. The second kappa shape index (κ2) is 12.3. The van der Waals surface area contributed by atoms with Crippen molar-refractivity contribution in [2.75, 3.05) is 6.61 Å². The molecule has 0 amide bonds. The molecule has 0 aromatic heterocycles. The van der Waals surface area contributed by atoms with Crippen LogP contribution in [0.4, 0.5) is 0 Å². The Hall–Kier alpha value is -0.0400. The number of ether oxygens (including phenoxy) is 1. The molecule has 1 nitrogen and oxygen atoms in total. The van der Waals surface area contributed by atoms with Crippen molar-refractivity contribution in [2.24, 2.45) is 29.6 Å². The van der Waals surface area contributed by atoms with Crippen LogP contribution in [0.3, 0.4) is 0 Å². The molecule has 1 heteroatoms. The lowest BCUT2D eigenvalue weighted by Gasteiger charge is -2.11. The SMILES string of the molecule is CC(C)C1CCCC1.CC(C)C1CCCC1.CC(C)C1CCCO1. The molecule has 0 bridgehead atoms. The lowest BCUT2D eigenvalue weighted by molar-refractivity contribution is 0.0758. The molecule has 0 radical (unpaired) electrons. The normalized spacial score (nSPS) is 25.1. The number of hydrogen-bond acceptors (Lipinski definition) is 1. The molecule has 3 fully saturated rings. The van der Waals surface area contributed by atoms with Gasteiger partial charge in [0.25, 0.3) is 0 Å². The van der Waals surface area contributed by atoms with E-state index in [2.05, 4.69) is 41.5 Å². The van der Waals surface area contributed by atoms with Crippen LogP contribution < -0.4 is 0 Å². The Balaban J connectivity index is 0.000000180. The van der Waals surface area contributed by atoms with Gasteiger partial charge in [-0.25, -0.2) is 0 Å². The summed E-state index contributed by atoms with van der Waals surface area (Å²) in [6.45, 7) is 14.8. The van der Waals surface area contributed by atoms with Crippen LogP contribution in [-0.4, -0.2) is 12.7 Å². The number of hydrogen-bond donors (Lipinski definition) is 0. The van der Waals surface area contributed by atoms with E-state index in [0.717, 1.165) is 36.2 Å². The molecule has 1 atom stereocenters. The summed E-state index contributed by atoms with van der Waals surface area (Å²) in [5.41, 5.74) is 0. The van der Waals surface area contributed by atoms with E-state index >= 15 is 0 Å². The first-order valence-corrected chi connectivity index (χ1v) is 11.0. The first-order valence-electron chi connectivity index (χ1n) is 11.0. The van der Waals surface area contributed by atoms with Crippen LogP contribution in [0.15, 0.2) is 0 Å². The fourth-order valence-electron chi connectivity index (χ4n) is 4.38. The Labute approximate surface area is 153 Å². The molecule has 0 aromatic rings. The fraction of sp³-hybridized carbons (Fsp3) is 1.00. The van der Waals surface area contributed by atoms with Gasteiger partial charge in [0, 0.05) is 6.61 Å². The lowest BCUT2D eigenvalue weighted by atomic mass is 9.95. The smallest absolute Gasteiger partial charge is 0.0598 e. The van der Waals surface area contributed by atoms with E-state index in [9.17, 15) is 0 Å². The molecule has 1 aliphatic heterocycles. The Kier molecular flexibility index (Phi) is 11.3. The van der Waals surface area contributed by atoms with Gasteiger partial charge in [0.15, 0.2) is 0 Å². The standard InChI is InChI=1S/2C8H16.C7H14O/c2*1-7(2)8-5-3-4-6-8;1-6(2)7-4-3-5-8-7/h2*7-8H,3-6H2,1-2H3;6-7H,3-5H2,1-2H3. The summed E-state index contributed by atoms with van der Waals surface area (Å²) in [4.78, 5) is 0. The third-order valence-electron chi connectivity index (χ3n) is 6.39. The molecule has 3 aliphatic rings. The van der Waals surface area contributed by atoms with Gasteiger partial charge in [-0.05, 0) is 42.4 Å². The van der Waals surface area contributed by atoms with E-state index in [0.29, 0.717) is 6.10 Å². The Morgan fingerprint density at radius 1 is 0.542 bits per heavy atom. The zero-order valence-corrected chi connectivity index (χ0v) is 17.7. The van der Waals surface area contributed by atoms with E-state index in [4.69, 9.17) is 4.74 Å². The van der Waals surface area contributed by atoms with Crippen LogP contribution in [0, 0.1) is 29.6 Å². The van der Waals surface area contributed by atoms with Gasteiger partial charge in [0.1, 0.15) is 0 Å². The monoisotopic (exact) mass is 338 g/mol. The lowest BCUT2D eigenvalue weighted by Crippen LogP contribution is -2.12. The summed E-state index contributed by atoms with van der Waals surface area (Å²) in [6, 6.07) is 0. The largest absolute Gasteiger partial charge is 0.378 e. The predicted molar refractivity (Wildman–Crippen MR) is 107 cm³/mol. The van der Waals surface area contributed by atoms with Gasteiger partial charge < -0.3 is 4.74 Å². The van der Waals surface area contributed by atoms with Crippen molar-refractivity contribution in [1.82, 2.24) is 0 Å². The van der Waals surface area contributed by atoms with Gasteiger partial charge >= 0.3 is 0 Å². The van der Waals surface area contributed by atoms with Crippen LogP contribution >= 0.6 is 0 Å². The van der Waals surface area contributed by atoms with Crippen molar-refractivity contribution in [3.63, 3.8) is 0 Å². The highest BCUT2D eigenvalue weighted by molar-refractivity contribution is 4.70. The van der Waals surface area contributed by atoms with E-state index in [-0.39, 0.29) is 0 Å². The average Bonchev–Trinajstić information content (AvgIpc) is 3.29. The van der Waals surface area contributed by atoms with Crippen molar-refractivity contribution in [3.05, 3.63) is 0 Å². The van der Waals surface area contributed by atoms with Gasteiger partial charge in [0.2, 0.25) is 0 Å². The minimum absolute atomic E-state index is 0.565. The molecule has 2 aliphatic carbocycles. The summed E-state index contributed by atoms with van der Waals surface area (Å²) in [7, 11) is 0. The molecule has 144 valence electrons. The van der Waals surface area contributed by atoms with E-state index in [1.54, 1.807) is 0 Å². The van der Waals surface area contributed by atoms with Gasteiger partial charge in [-0.1, -0.05) is 92.9 Å². The van der Waals surface area contributed by atoms with Crippen molar-refractivity contribution in [3.8, 4) is 0 Å². The molecule has 0 spiro atoms. The van der Waals surface area contributed by atoms with E-state index in [1.165, 1.54) is 64.2 Å². The summed E-state index contributed by atoms with van der Waals surface area (Å²) in [5.74, 6) is 4.73. The van der Waals surface area contributed by atoms with E-state index in [1.807, 2.05) is 0 Å². The fourth-order valence-corrected chi connectivity index (χ4v) is 4.38. The molecule has 0 aromatic carbocycles. The maximum Gasteiger partial charge on any atom is 0.0598 e. The molecular formula is C23H46O. The highest BCUT2D eigenvalue weighted by Gasteiger charge is 2.18. The number of rotatable bonds is 3. The average molecular weight is 339 g/mol. The maximum absolute atomic E-state index is 5.41. The summed E-state index contributed by atoms with van der Waals surface area (Å²) >= 11 is 0. The highest BCUT2D eigenvalue weighted by atomic mass is 16.5. The van der Waals surface area contributed by atoms with Crippen LogP contribution in [-0.2, 0) is 4.74 Å². The minimum atomic E-state index is 0.565. The first kappa shape index (κ1) is 22.0.